The lowest BCUT2D eigenvalue weighted by molar-refractivity contribution is -0.114. The molecule has 2 aromatic rings. The summed E-state index contributed by atoms with van der Waals surface area (Å²) in [5.74, 6) is 0.174. The summed E-state index contributed by atoms with van der Waals surface area (Å²) in [6, 6.07) is 19.2. The molecule has 0 bridgehead atoms. The summed E-state index contributed by atoms with van der Waals surface area (Å²) in [5, 5.41) is 15.8. The molecule has 6 nitrogen and oxygen atoms in total. The van der Waals surface area contributed by atoms with Crippen molar-refractivity contribution >= 4 is 28.7 Å². The second kappa shape index (κ2) is 8.61. The minimum atomic E-state index is -0.302. The van der Waals surface area contributed by atoms with Crippen molar-refractivity contribution in [2.24, 2.45) is 5.10 Å². The lowest BCUT2D eigenvalue weighted by atomic mass is 9.99. The molecular formula is C23H25N5O. The van der Waals surface area contributed by atoms with E-state index in [1.54, 1.807) is 4.90 Å². The lowest BCUT2D eigenvalue weighted by Crippen LogP contribution is -2.26. The third kappa shape index (κ3) is 3.85. The van der Waals surface area contributed by atoms with Gasteiger partial charge in [-0.3, -0.25) is 4.79 Å². The van der Waals surface area contributed by atoms with Gasteiger partial charge in [-0.1, -0.05) is 30.3 Å². The SMILES string of the molecule is CCN(CC)c1ccc(/C(C#N)=C2/C(=O)N(c3ccccc3)N=C2N(C)C)cc1. The number of nitrogens with zero attached hydrogens (tertiary/aromatic N) is 5. The highest BCUT2D eigenvalue weighted by Crippen LogP contribution is 2.30. The summed E-state index contributed by atoms with van der Waals surface area (Å²) >= 11 is 0. The van der Waals surface area contributed by atoms with Crippen LogP contribution in [0.4, 0.5) is 11.4 Å². The number of rotatable bonds is 5. The predicted molar refractivity (Wildman–Crippen MR) is 118 cm³/mol. The van der Waals surface area contributed by atoms with Crippen molar-refractivity contribution in [3.8, 4) is 6.07 Å². The van der Waals surface area contributed by atoms with Gasteiger partial charge >= 0.3 is 0 Å². The van der Waals surface area contributed by atoms with Crippen LogP contribution in [0.25, 0.3) is 5.57 Å². The van der Waals surface area contributed by atoms with Crippen LogP contribution in [0.1, 0.15) is 19.4 Å². The van der Waals surface area contributed by atoms with E-state index >= 15 is 0 Å². The van der Waals surface area contributed by atoms with Gasteiger partial charge in [0.25, 0.3) is 5.91 Å². The molecule has 0 N–H and O–H groups in total. The molecule has 0 radical (unpaired) electrons. The molecule has 0 unspecified atom stereocenters. The van der Waals surface area contributed by atoms with Gasteiger partial charge in [-0.05, 0) is 43.7 Å². The standard InChI is InChI=1S/C23H25N5O/c1-5-27(6-2)18-14-12-17(13-15-18)20(16-24)21-22(26(3)4)25-28(23(21)29)19-10-8-7-9-11-19/h7-15H,5-6H2,1-4H3/b21-20+. The fraction of sp³-hybridized carbons (Fsp3) is 0.261. The third-order valence-electron chi connectivity index (χ3n) is 4.90. The van der Waals surface area contributed by atoms with Gasteiger partial charge in [0, 0.05) is 32.9 Å². The Hall–Kier alpha value is -3.59. The predicted octanol–water partition coefficient (Wildman–Crippen LogP) is 3.73. The van der Waals surface area contributed by atoms with Gasteiger partial charge < -0.3 is 9.80 Å². The highest BCUT2D eigenvalue weighted by atomic mass is 16.2. The molecule has 1 amide bonds. The van der Waals surface area contributed by atoms with Crippen molar-refractivity contribution in [1.29, 1.82) is 5.26 Å². The Morgan fingerprint density at radius 2 is 1.66 bits per heavy atom. The molecule has 0 atom stereocenters. The molecule has 0 aromatic heterocycles. The quantitative estimate of drug-likeness (QED) is 0.579. The maximum atomic E-state index is 13.2. The molecule has 2 aromatic carbocycles. The second-order valence-corrected chi connectivity index (χ2v) is 6.85. The average molecular weight is 387 g/mol. The van der Waals surface area contributed by atoms with E-state index in [2.05, 4.69) is 29.9 Å². The Kier molecular flexibility index (Phi) is 5.99. The highest BCUT2D eigenvalue weighted by molar-refractivity contribution is 6.34. The Balaban J connectivity index is 2.07. The van der Waals surface area contributed by atoms with Crippen LogP contribution < -0.4 is 9.91 Å². The summed E-state index contributed by atoms with van der Waals surface area (Å²) in [6.45, 7) is 6.03. The number of amidine groups is 1. The van der Waals surface area contributed by atoms with Crippen LogP contribution in [-0.2, 0) is 4.79 Å². The summed E-state index contributed by atoms with van der Waals surface area (Å²) < 4.78 is 0. The van der Waals surface area contributed by atoms with Crippen LogP contribution in [0.2, 0.25) is 0 Å². The van der Waals surface area contributed by atoms with E-state index in [-0.39, 0.29) is 5.91 Å². The van der Waals surface area contributed by atoms with Crippen molar-refractivity contribution in [1.82, 2.24) is 4.90 Å². The number of anilines is 2. The Morgan fingerprint density at radius 1 is 1.03 bits per heavy atom. The first-order valence-corrected chi connectivity index (χ1v) is 9.67. The van der Waals surface area contributed by atoms with Gasteiger partial charge in [0.05, 0.1) is 11.3 Å². The number of benzene rings is 2. The second-order valence-electron chi connectivity index (χ2n) is 6.85. The zero-order valence-electron chi connectivity index (χ0n) is 17.3. The zero-order valence-corrected chi connectivity index (χ0v) is 17.3. The molecule has 29 heavy (non-hydrogen) atoms. The number of nitriles is 1. The molecule has 3 rings (SSSR count). The van der Waals surface area contributed by atoms with Crippen LogP contribution >= 0.6 is 0 Å². The molecule has 0 aliphatic carbocycles. The summed E-state index contributed by atoms with van der Waals surface area (Å²) in [5.41, 5.74) is 3.10. The smallest absolute Gasteiger partial charge is 0.283 e. The maximum absolute atomic E-state index is 13.2. The molecule has 148 valence electrons. The van der Waals surface area contributed by atoms with Crippen molar-refractivity contribution in [2.75, 3.05) is 37.1 Å². The summed E-state index contributed by atoms with van der Waals surface area (Å²) in [6.07, 6.45) is 0. The van der Waals surface area contributed by atoms with Crippen LogP contribution in [0, 0.1) is 11.3 Å². The lowest BCUT2D eigenvalue weighted by Gasteiger charge is -2.21. The molecular weight excluding hydrogens is 362 g/mol. The minimum absolute atomic E-state index is 0.302. The maximum Gasteiger partial charge on any atom is 0.283 e. The number of likely N-dealkylation sites (N-methyl/N-ethyl adjacent to an activating group) is 1. The highest BCUT2D eigenvalue weighted by Gasteiger charge is 2.35. The molecule has 6 heteroatoms. The molecule has 0 spiro atoms. The molecule has 1 aliphatic heterocycles. The van der Waals surface area contributed by atoms with Crippen LogP contribution in [0.15, 0.2) is 65.3 Å². The van der Waals surface area contributed by atoms with Gasteiger partial charge in [-0.15, -0.1) is 5.10 Å². The fourth-order valence-corrected chi connectivity index (χ4v) is 3.36. The van der Waals surface area contributed by atoms with Gasteiger partial charge in [0.1, 0.15) is 11.6 Å². The number of para-hydroxylation sites is 1. The topological polar surface area (TPSA) is 62.9 Å². The number of carbonyl (C=O) groups excluding carboxylic acids is 1. The largest absolute Gasteiger partial charge is 0.372 e. The Morgan fingerprint density at radius 3 is 2.17 bits per heavy atom. The normalized spacial score (nSPS) is 15.1. The molecule has 0 saturated carbocycles. The molecule has 1 aliphatic rings. The van der Waals surface area contributed by atoms with E-state index in [1.165, 1.54) is 5.01 Å². The van der Waals surface area contributed by atoms with E-state index in [4.69, 9.17) is 0 Å². The van der Waals surface area contributed by atoms with Crippen molar-refractivity contribution < 1.29 is 4.79 Å². The van der Waals surface area contributed by atoms with E-state index in [1.807, 2.05) is 68.7 Å². The Labute approximate surface area is 172 Å². The zero-order chi connectivity index (χ0) is 21.0. The Bertz CT molecular complexity index is 980. The van der Waals surface area contributed by atoms with E-state index in [9.17, 15) is 10.1 Å². The van der Waals surface area contributed by atoms with Crippen molar-refractivity contribution in [3.05, 3.63) is 65.7 Å². The number of hydrogen-bond donors (Lipinski definition) is 0. The summed E-state index contributed by atoms with van der Waals surface area (Å²) in [4.78, 5) is 17.2. The number of amides is 1. The van der Waals surface area contributed by atoms with E-state index in [0.717, 1.165) is 18.8 Å². The number of hydrogen-bond acceptors (Lipinski definition) is 5. The van der Waals surface area contributed by atoms with Crippen LogP contribution in [0.3, 0.4) is 0 Å². The van der Waals surface area contributed by atoms with Gasteiger partial charge in [0.2, 0.25) is 0 Å². The first kappa shape index (κ1) is 20.2. The molecule has 1 heterocycles. The van der Waals surface area contributed by atoms with Crippen LogP contribution in [0.5, 0.6) is 0 Å². The number of allylic oxidation sites excluding steroid dienone is 1. The molecule has 0 saturated heterocycles. The van der Waals surface area contributed by atoms with E-state index < -0.39 is 0 Å². The minimum Gasteiger partial charge on any atom is -0.372 e. The van der Waals surface area contributed by atoms with Gasteiger partial charge in [-0.2, -0.15) is 10.3 Å². The van der Waals surface area contributed by atoms with Crippen molar-refractivity contribution in [3.63, 3.8) is 0 Å². The van der Waals surface area contributed by atoms with Gasteiger partial charge in [0.15, 0.2) is 5.84 Å². The molecule has 0 fully saturated rings. The fourth-order valence-electron chi connectivity index (χ4n) is 3.36. The first-order chi connectivity index (χ1) is 14.0. The first-order valence-electron chi connectivity index (χ1n) is 9.67. The average Bonchev–Trinajstić information content (AvgIpc) is 3.09. The van der Waals surface area contributed by atoms with Crippen LogP contribution in [-0.4, -0.2) is 43.8 Å². The third-order valence-corrected chi connectivity index (χ3v) is 4.90. The number of hydrazone groups is 1. The monoisotopic (exact) mass is 387 g/mol. The van der Waals surface area contributed by atoms with E-state index in [0.29, 0.717) is 28.2 Å². The van der Waals surface area contributed by atoms with Gasteiger partial charge in [-0.25, -0.2) is 0 Å². The summed E-state index contributed by atoms with van der Waals surface area (Å²) in [7, 11) is 3.64. The van der Waals surface area contributed by atoms with Crippen molar-refractivity contribution in [2.45, 2.75) is 13.8 Å². The number of carbonyl (C=O) groups is 1.